The van der Waals surface area contributed by atoms with Gasteiger partial charge < -0.3 is 9.47 Å². The summed E-state index contributed by atoms with van der Waals surface area (Å²) < 4.78 is 11.2. The van der Waals surface area contributed by atoms with Crippen LogP contribution in [-0.2, 0) is 19.1 Å². The quantitative estimate of drug-likeness (QED) is 0.346. The molecule has 154 valence electrons. The molecule has 0 radical (unpaired) electrons. The van der Waals surface area contributed by atoms with Gasteiger partial charge in [-0.1, -0.05) is 23.3 Å². The molecule has 0 aliphatic heterocycles. The molecular formula is C24H34O4. The highest BCUT2D eigenvalue weighted by Crippen LogP contribution is 2.58. The third-order valence-electron chi connectivity index (χ3n) is 7.96. The number of ether oxygens (including phenoxy) is 2. The van der Waals surface area contributed by atoms with Gasteiger partial charge in [0.15, 0.2) is 0 Å². The average molecular weight is 387 g/mol. The maximum Gasteiger partial charge on any atom is 0.312 e. The Bertz CT molecular complexity index is 645. The number of hydrogen-bond acceptors (Lipinski definition) is 4. The van der Waals surface area contributed by atoms with Crippen molar-refractivity contribution in [3.05, 3.63) is 23.3 Å². The lowest BCUT2D eigenvalue weighted by Crippen LogP contribution is -2.29. The summed E-state index contributed by atoms with van der Waals surface area (Å²) in [4.78, 5) is 25.2. The van der Waals surface area contributed by atoms with E-state index in [1.165, 1.54) is 11.1 Å². The third kappa shape index (κ3) is 3.33. The van der Waals surface area contributed by atoms with Crippen LogP contribution in [0.4, 0.5) is 0 Å². The Balaban J connectivity index is 1.15. The first kappa shape index (κ1) is 19.7. The van der Waals surface area contributed by atoms with Crippen molar-refractivity contribution in [2.45, 2.75) is 78.1 Å². The van der Waals surface area contributed by atoms with Gasteiger partial charge in [-0.05, 0) is 89.9 Å². The summed E-state index contributed by atoms with van der Waals surface area (Å²) in [6, 6.07) is 0. The van der Waals surface area contributed by atoms with E-state index < -0.39 is 0 Å². The van der Waals surface area contributed by atoms with Crippen LogP contribution in [-0.4, -0.2) is 25.2 Å². The van der Waals surface area contributed by atoms with Gasteiger partial charge in [0.25, 0.3) is 0 Å². The smallest absolute Gasteiger partial charge is 0.312 e. The third-order valence-corrected chi connectivity index (χ3v) is 7.96. The number of carbonyl (C=O) groups is 2. The molecule has 4 heteroatoms. The molecule has 4 atom stereocenters. The predicted molar refractivity (Wildman–Crippen MR) is 107 cm³/mol. The predicted octanol–water partition coefficient (Wildman–Crippen LogP) is 5.13. The normalized spacial score (nSPS) is 38.5. The van der Waals surface area contributed by atoms with Crippen molar-refractivity contribution >= 4 is 11.9 Å². The molecule has 0 aromatic heterocycles. The fourth-order valence-corrected chi connectivity index (χ4v) is 6.31. The number of hydrogen-bond donors (Lipinski definition) is 0. The first-order chi connectivity index (χ1) is 13.5. The fourth-order valence-electron chi connectivity index (χ4n) is 6.31. The zero-order valence-electron chi connectivity index (χ0n) is 17.4. The van der Waals surface area contributed by atoms with Crippen LogP contribution in [0.3, 0.4) is 0 Å². The number of rotatable bonds is 7. The number of allylic oxidation sites excluding steroid dienone is 4. The van der Waals surface area contributed by atoms with E-state index in [9.17, 15) is 9.59 Å². The summed E-state index contributed by atoms with van der Waals surface area (Å²) in [6.07, 6.45) is 13.8. The Labute approximate surface area is 168 Å². The summed E-state index contributed by atoms with van der Waals surface area (Å²) in [5.74, 6) is 1.18. The maximum atomic E-state index is 12.6. The lowest BCUT2D eigenvalue weighted by Gasteiger charge is -2.25. The minimum Gasteiger partial charge on any atom is -0.465 e. The highest BCUT2D eigenvalue weighted by atomic mass is 16.5. The molecule has 0 aromatic rings. The first-order valence-electron chi connectivity index (χ1n) is 11.2. The zero-order valence-corrected chi connectivity index (χ0v) is 17.4. The molecule has 4 bridgehead atoms. The van der Waals surface area contributed by atoms with Gasteiger partial charge in [-0.2, -0.15) is 0 Å². The molecule has 0 heterocycles. The van der Waals surface area contributed by atoms with Gasteiger partial charge in [0.1, 0.15) is 0 Å². The topological polar surface area (TPSA) is 52.6 Å². The van der Waals surface area contributed by atoms with Crippen LogP contribution in [0.25, 0.3) is 0 Å². The summed E-state index contributed by atoms with van der Waals surface area (Å²) in [5, 5.41) is 0. The maximum absolute atomic E-state index is 12.6. The second kappa shape index (κ2) is 7.68. The molecule has 4 aliphatic rings. The highest BCUT2D eigenvalue weighted by molar-refractivity contribution is 5.79. The van der Waals surface area contributed by atoms with Crippen LogP contribution >= 0.6 is 0 Å². The monoisotopic (exact) mass is 386 g/mol. The van der Waals surface area contributed by atoms with Crippen molar-refractivity contribution in [2.24, 2.45) is 22.7 Å². The van der Waals surface area contributed by atoms with Crippen molar-refractivity contribution in [1.82, 2.24) is 0 Å². The van der Waals surface area contributed by atoms with Crippen LogP contribution < -0.4 is 0 Å². The lowest BCUT2D eigenvalue weighted by molar-refractivity contribution is -0.157. The van der Waals surface area contributed by atoms with Gasteiger partial charge in [-0.15, -0.1) is 0 Å². The summed E-state index contributed by atoms with van der Waals surface area (Å²) >= 11 is 0. The minimum atomic E-state index is -0.246. The van der Waals surface area contributed by atoms with Crippen LogP contribution in [0, 0.1) is 22.7 Å². The summed E-state index contributed by atoms with van der Waals surface area (Å²) in [7, 11) is 0. The van der Waals surface area contributed by atoms with E-state index in [1.54, 1.807) is 0 Å². The molecular weight excluding hydrogens is 352 g/mol. The minimum absolute atomic E-state index is 0.00966. The van der Waals surface area contributed by atoms with Gasteiger partial charge >= 0.3 is 11.9 Å². The molecule has 4 unspecified atom stereocenters. The number of carbonyl (C=O) groups excluding carboxylic acids is 2. The van der Waals surface area contributed by atoms with Crippen molar-refractivity contribution in [3.63, 3.8) is 0 Å². The Morgan fingerprint density at radius 3 is 1.64 bits per heavy atom. The van der Waals surface area contributed by atoms with Gasteiger partial charge in [0.2, 0.25) is 0 Å². The Morgan fingerprint density at radius 2 is 1.29 bits per heavy atom. The first-order valence-corrected chi connectivity index (χ1v) is 11.2. The van der Waals surface area contributed by atoms with E-state index >= 15 is 0 Å². The average Bonchev–Trinajstić information content (AvgIpc) is 3.48. The second-order valence-corrected chi connectivity index (χ2v) is 9.50. The zero-order chi connectivity index (χ0) is 19.8. The standard InChI is InChI=1S/C24H34O4/c1-3-17-13-23(9-7-19(17)15-23)21(25)27-11-5-6-12-28-22(26)24-10-8-20(16-24)18(4-2)14-24/h3-4,19-20H,5-16H2,1-2H3. The second-order valence-electron chi connectivity index (χ2n) is 9.50. The van der Waals surface area contributed by atoms with Gasteiger partial charge in [-0.3, -0.25) is 9.59 Å². The van der Waals surface area contributed by atoms with Crippen molar-refractivity contribution < 1.29 is 19.1 Å². The number of fused-ring (bicyclic) bond motifs is 4. The Morgan fingerprint density at radius 1 is 0.857 bits per heavy atom. The van der Waals surface area contributed by atoms with E-state index in [2.05, 4.69) is 26.0 Å². The van der Waals surface area contributed by atoms with Gasteiger partial charge in [-0.25, -0.2) is 0 Å². The van der Waals surface area contributed by atoms with Gasteiger partial charge in [0.05, 0.1) is 24.0 Å². The van der Waals surface area contributed by atoms with E-state index in [4.69, 9.17) is 9.47 Å². The van der Waals surface area contributed by atoms with Crippen LogP contribution in [0.2, 0.25) is 0 Å². The van der Waals surface area contributed by atoms with Crippen LogP contribution in [0.5, 0.6) is 0 Å². The molecule has 0 N–H and O–H groups in total. The molecule has 4 saturated carbocycles. The SMILES string of the molecule is CC=C1CC2(C(=O)OCCCCOC(=O)C34CCC(C3)C(=CC)C4)CCC1C2. The molecule has 28 heavy (non-hydrogen) atoms. The van der Waals surface area contributed by atoms with Crippen molar-refractivity contribution in [2.75, 3.05) is 13.2 Å². The molecule has 4 fully saturated rings. The number of esters is 2. The van der Waals surface area contributed by atoms with E-state index in [1.807, 2.05) is 0 Å². The molecule has 4 aliphatic carbocycles. The van der Waals surface area contributed by atoms with Crippen molar-refractivity contribution in [1.29, 1.82) is 0 Å². The fraction of sp³-hybridized carbons (Fsp3) is 0.750. The lowest BCUT2D eigenvalue weighted by atomic mass is 9.82. The number of unbranched alkanes of at least 4 members (excludes halogenated alkanes) is 1. The molecule has 0 saturated heterocycles. The molecule has 0 spiro atoms. The highest BCUT2D eigenvalue weighted by Gasteiger charge is 2.54. The molecule has 4 nitrogen and oxygen atoms in total. The van der Waals surface area contributed by atoms with E-state index in [-0.39, 0.29) is 22.8 Å². The Hall–Kier alpha value is -1.58. The molecule has 4 rings (SSSR count). The summed E-state index contributed by atoms with van der Waals surface area (Å²) in [6.45, 7) is 5.02. The summed E-state index contributed by atoms with van der Waals surface area (Å²) in [5.41, 5.74) is 2.39. The van der Waals surface area contributed by atoms with Crippen LogP contribution in [0.1, 0.15) is 78.1 Å². The van der Waals surface area contributed by atoms with E-state index in [0.29, 0.717) is 25.0 Å². The largest absolute Gasteiger partial charge is 0.465 e. The van der Waals surface area contributed by atoms with E-state index in [0.717, 1.165) is 64.2 Å². The van der Waals surface area contributed by atoms with Gasteiger partial charge in [0, 0.05) is 0 Å². The molecule has 0 amide bonds. The van der Waals surface area contributed by atoms with Crippen LogP contribution in [0.15, 0.2) is 23.3 Å². The van der Waals surface area contributed by atoms with Crippen molar-refractivity contribution in [3.8, 4) is 0 Å². The molecule has 0 aromatic carbocycles. The Kier molecular flexibility index (Phi) is 5.41.